The summed E-state index contributed by atoms with van der Waals surface area (Å²) in [6, 6.07) is 1.86. The van der Waals surface area contributed by atoms with Crippen LogP contribution in [0.3, 0.4) is 0 Å². The Morgan fingerprint density at radius 3 is 2.91 bits per heavy atom. The fourth-order valence-electron chi connectivity index (χ4n) is 0.697. The van der Waals surface area contributed by atoms with E-state index >= 15 is 0 Å². The van der Waals surface area contributed by atoms with Crippen molar-refractivity contribution >= 4 is 0 Å². The molecule has 0 aliphatic heterocycles. The quantitative estimate of drug-likeness (QED) is 0.639. The molecule has 1 aromatic rings. The van der Waals surface area contributed by atoms with E-state index in [-0.39, 0.29) is 5.76 Å². The van der Waals surface area contributed by atoms with E-state index in [9.17, 15) is 0 Å². The average Bonchev–Trinajstić information content (AvgIpc) is 2.34. The van der Waals surface area contributed by atoms with Crippen molar-refractivity contribution in [2.75, 3.05) is 6.61 Å². The Morgan fingerprint density at radius 1 is 1.73 bits per heavy atom. The summed E-state index contributed by atoms with van der Waals surface area (Å²) >= 11 is 0. The average molecular weight is 152 g/mol. The minimum absolute atomic E-state index is 0.216. The number of hydrogen-bond acceptors (Lipinski definition) is 4. The van der Waals surface area contributed by atoms with Crippen LogP contribution in [-0.4, -0.2) is 11.8 Å². The lowest BCUT2D eigenvalue weighted by molar-refractivity contribution is 0.293. The predicted molar refractivity (Wildman–Crippen MR) is 37.1 cm³/mol. The molecule has 0 aliphatic rings. The van der Waals surface area contributed by atoms with Gasteiger partial charge in [0.2, 0.25) is 5.76 Å². The van der Waals surface area contributed by atoms with Gasteiger partial charge in [-0.25, -0.2) is 0 Å². The maximum Gasteiger partial charge on any atom is 0.258 e. The number of nitrogens with zero attached hydrogens (tertiary/aromatic N) is 2. The van der Waals surface area contributed by atoms with Gasteiger partial charge >= 0.3 is 0 Å². The molecule has 1 rings (SSSR count). The van der Waals surface area contributed by atoms with Gasteiger partial charge in [0.15, 0.2) is 0 Å². The van der Waals surface area contributed by atoms with Gasteiger partial charge in [-0.15, -0.1) is 0 Å². The Kier molecular flexibility index (Phi) is 2.12. The van der Waals surface area contributed by atoms with Gasteiger partial charge in [0.05, 0.1) is 12.2 Å². The molecule has 0 saturated carbocycles. The Balaban J connectivity index is 2.93. The number of ether oxygens (including phenoxy) is 1. The van der Waals surface area contributed by atoms with Crippen molar-refractivity contribution in [3.8, 4) is 11.9 Å². The first-order valence-corrected chi connectivity index (χ1v) is 3.28. The summed E-state index contributed by atoms with van der Waals surface area (Å²) in [7, 11) is 0. The van der Waals surface area contributed by atoms with E-state index in [2.05, 4.69) is 9.68 Å². The van der Waals surface area contributed by atoms with Crippen LogP contribution in [0.15, 0.2) is 4.52 Å². The summed E-state index contributed by atoms with van der Waals surface area (Å²) in [6.45, 7) is 4.11. The molecule has 0 atom stereocenters. The van der Waals surface area contributed by atoms with E-state index in [4.69, 9.17) is 10.00 Å². The first-order valence-electron chi connectivity index (χ1n) is 3.28. The standard InChI is InChI=1S/C7H8N2O2/c1-3-10-7-5(2)6(4-8)11-9-7/h3H2,1-2H3. The molecule has 0 amide bonds. The molecule has 58 valence electrons. The minimum atomic E-state index is 0.216. The summed E-state index contributed by atoms with van der Waals surface area (Å²) in [5, 5.41) is 12.0. The Hall–Kier alpha value is -1.50. The number of aromatic nitrogens is 1. The van der Waals surface area contributed by atoms with E-state index < -0.39 is 0 Å². The molecule has 0 bridgehead atoms. The van der Waals surface area contributed by atoms with Crippen LogP contribution < -0.4 is 4.74 Å². The van der Waals surface area contributed by atoms with Gasteiger partial charge < -0.3 is 9.26 Å². The van der Waals surface area contributed by atoms with Crippen molar-refractivity contribution in [2.24, 2.45) is 0 Å². The molecular weight excluding hydrogens is 144 g/mol. The van der Waals surface area contributed by atoms with Gasteiger partial charge in [-0.05, 0) is 19.0 Å². The molecule has 0 spiro atoms. The number of nitriles is 1. The molecule has 1 heterocycles. The second kappa shape index (κ2) is 3.06. The van der Waals surface area contributed by atoms with Crippen LogP contribution in [0.4, 0.5) is 0 Å². The molecule has 0 fully saturated rings. The van der Waals surface area contributed by atoms with E-state index in [0.717, 1.165) is 0 Å². The normalized spacial score (nSPS) is 9.18. The molecule has 0 aromatic carbocycles. The molecule has 4 nitrogen and oxygen atoms in total. The largest absolute Gasteiger partial charge is 0.476 e. The highest BCUT2D eigenvalue weighted by molar-refractivity contribution is 5.33. The van der Waals surface area contributed by atoms with Crippen LogP contribution in [0, 0.1) is 18.3 Å². The molecule has 0 N–H and O–H groups in total. The highest BCUT2D eigenvalue weighted by atomic mass is 16.5. The molecule has 11 heavy (non-hydrogen) atoms. The predicted octanol–water partition coefficient (Wildman–Crippen LogP) is 1.25. The highest BCUT2D eigenvalue weighted by Crippen LogP contribution is 2.18. The molecule has 1 aromatic heterocycles. The first-order chi connectivity index (χ1) is 5.29. The Bertz CT molecular complexity index is 285. The topological polar surface area (TPSA) is 59.1 Å². The molecule has 0 saturated heterocycles. The Labute approximate surface area is 64.4 Å². The lowest BCUT2D eigenvalue weighted by Crippen LogP contribution is -1.92. The Morgan fingerprint density at radius 2 is 2.45 bits per heavy atom. The van der Waals surface area contributed by atoms with Gasteiger partial charge in [0.1, 0.15) is 6.07 Å². The van der Waals surface area contributed by atoms with Crippen LogP contribution in [0.2, 0.25) is 0 Å². The molecule has 0 aliphatic carbocycles. The third-order valence-corrected chi connectivity index (χ3v) is 1.26. The molecular formula is C7H8N2O2. The van der Waals surface area contributed by atoms with Crippen molar-refractivity contribution in [3.05, 3.63) is 11.3 Å². The van der Waals surface area contributed by atoms with Gasteiger partial charge in [-0.3, -0.25) is 0 Å². The SMILES string of the molecule is CCOc1noc(C#N)c1C. The van der Waals surface area contributed by atoms with Crippen molar-refractivity contribution < 1.29 is 9.26 Å². The maximum atomic E-state index is 8.46. The van der Waals surface area contributed by atoms with E-state index in [1.807, 2.05) is 13.0 Å². The van der Waals surface area contributed by atoms with Crippen LogP contribution in [0.5, 0.6) is 5.88 Å². The van der Waals surface area contributed by atoms with Crippen molar-refractivity contribution in [1.82, 2.24) is 5.16 Å². The fourth-order valence-corrected chi connectivity index (χ4v) is 0.697. The second-order valence-electron chi connectivity index (χ2n) is 1.99. The summed E-state index contributed by atoms with van der Waals surface area (Å²) in [6.07, 6.45) is 0. The third-order valence-electron chi connectivity index (χ3n) is 1.26. The van der Waals surface area contributed by atoms with Crippen LogP contribution in [-0.2, 0) is 0 Å². The second-order valence-corrected chi connectivity index (χ2v) is 1.99. The molecule has 4 heteroatoms. The highest BCUT2D eigenvalue weighted by Gasteiger charge is 2.10. The van der Waals surface area contributed by atoms with Gasteiger partial charge in [0, 0.05) is 0 Å². The van der Waals surface area contributed by atoms with Gasteiger partial charge in [0.25, 0.3) is 5.88 Å². The minimum Gasteiger partial charge on any atom is -0.476 e. The smallest absolute Gasteiger partial charge is 0.258 e. The zero-order chi connectivity index (χ0) is 8.27. The van der Waals surface area contributed by atoms with Gasteiger partial charge in [-0.1, -0.05) is 0 Å². The first kappa shape index (κ1) is 7.61. The zero-order valence-electron chi connectivity index (χ0n) is 6.42. The number of rotatable bonds is 2. The summed E-state index contributed by atoms with van der Waals surface area (Å²) in [5.41, 5.74) is 0.661. The van der Waals surface area contributed by atoms with E-state index in [0.29, 0.717) is 18.1 Å². The van der Waals surface area contributed by atoms with Gasteiger partial charge in [-0.2, -0.15) is 5.26 Å². The van der Waals surface area contributed by atoms with Crippen molar-refractivity contribution in [2.45, 2.75) is 13.8 Å². The van der Waals surface area contributed by atoms with Crippen LogP contribution in [0.1, 0.15) is 18.2 Å². The maximum absolute atomic E-state index is 8.46. The third kappa shape index (κ3) is 1.32. The van der Waals surface area contributed by atoms with E-state index in [1.54, 1.807) is 6.92 Å². The lowest BCUT2D eigenvalue weighted by atomic mass is 10.3. The zero-order valence-corrected chi connectivity index (χ0v) is 6.42. The van der Waals surface area contributed by atoms with Crippen molar-refractivity contribution in [3.63, 3.8) is 0 Å². The summed E-state index contributed by atoms with van der Waals surface area (Å²) in [5.74, 6) is 0.623. The molecule has 0 unspecified atom stereocenters. The van der Waals surface area contributed by atoms with Crippen molar-refractivity contribution in [1.29, 1.82) is 5.26 Å². The summed E-state index contributed by atoms with van der Waals surface area (Å²) in [4.78, 5) is 0. The van der Waals surface area contributed by atoms with Crippen LogP contribution >= 0.6 is 0 Å². The van der Waals surface area contributed by atoms with Crippen LogP contribution in [0.25, 0.3) is 0 Å². The van der Waals surface area contributed by atoms with E-state index in [1.165, 1.54) is 0 Å². The summed E-state index contributed by atoms with van der Waals surface area (Å²) < 4.78 is 9.72. The lowest BCUT2D eigenvalue weighted by Gasteiger charge is -1.94. The molecule has 0 radical (unpaired) electrons. The monoisotopic (exact) mass is 152 g/mol. The fraction of sp³-hybridized carbons (Fsp3) is 0.429. The number of hydrogen-bond donors (Lipinski definition) is 0.